The molecule has 0 aliphatic heterocycles. The van der Waals surface area contributed by atoms with Crippen LogP contribution >= 0.6 is 0 Å². The zero-order chi connectivity index (χ0) is 17.6. The van der Waals surface area contributed by atoms with E-state index in [1.54, 1.807) is 0 Å². The van der Waals surface area contributed by atoms with E-state index in [0.29, 0.717) is 36.2 Å². The van der Waals surface area contributed by atoms with Crippen molar-refractivity contribution in [2.45, 2.75) is 38.6 Å². The number of para-hydroxylation sites is 2. The van der Waals surface area contributed by atoms with Crippen molar-refractivity contribution in [1.82, 2.24) is 20.3 Å². The maximum Gasteiger partial charge on any atom is 0.233 e. The number of benzene rings is 1. The highest BCUT2D eigenvalue weighted by Gasteiger charge is 2.26. The first-order chi connectivity index (χ1) is 12.2. The second kappa shape index (κ2) is 8.11. The Morgan fingerprint density at radius 3 is 2.88 bits per heavy atom. The van der Waals surface area contributed by atoms with Crippen LogP contribution in [0.15, 0.2) is 24.3 Å². The van der Waals surface area contributed by atoms with Gasteiger partial charge in [0.1, 0.15) is 5.82 Å². The standard InChI is InChI=1S/C18H24N4O3/c23-12-22(25)11-14(9-13-5-1-2-6-13)18(24)19-10-17-20-15-7-3-4-8-16(15)21-17/h3-4,7-8,12-14,25H,1-2,5-6,9-11H2,(H,19,24)(H,20,21)/t14-/m1/s1. The van der Waals surface area contributed by atoms with Gasteiger partial charge in [-0.15, -0.1) is 0 Å². The summed E-state index contributed by atoms with van der Waals surface area (Å²) in [4.78, 5) is 30.9. The predicted octanol–water partition coefficient (Wildman–Crippen LogP) is 2.22. The van der Waals surface area contributed by atoms with E-state index in [1.165, 1.54) is 12.8 Å². The molecule has 1 aliphatic rings. The molecule has 1 atom stereocenters. The second-order valence-corrected chi connectivity index (χ2v) is 6.73. The highest BCUT2D eigenvalue weighted by atomic mass is 16.5. The van der Waals surface area contributed by atoms with Crippen molar-refractivity contribution in [2.75, 3.05) is 6.54 Å². The zero-order valence-electron chi connectivity index (χ0n) is 14.1. The molecule has 25 heavy (non-hydrogen) atoms. The number of carbonyl (C=O) groups is 2. The van der Waals surface area contributed by atoms with Gasteiger partial charge in [0.2, 0.25) is 12.3 Å². The quantitative estimate of drug-likeness (QED) is 0.388. The van der Waals surface area contributed by atoms with Gasteiger partial charge in [-0.3, -0.25) is 14.8 Å². The Labute approximate surface area is 146 Å². The van der Waals surface area contributed by atoms with Crippen LogP contribution in [-0.4, -0.2) is 39.1 Å². The van der Waals surface area contributed by atoms with E-state index in [0.717, 1.165) is 23.9 Å². The third-order valence-electron chi connectivity index (χ3n) is 4.86. The minimum absolute atomic E-state index is 0.0198. The number of hydroxylamine groups is 2. The number of nitrogens with zero attached hydrogens (tertiary/aromatic N) is 2. The lowest BCUT2D eigenvalue weighted by atomic mass is 9.92. The molecule has 3 rings (SSSR count). The van der Waals surface area contributed by atoms with Gasteiger partial charge in [-0.25, -0.2) is 10.0 Å². The second-order valence-electron chi connectivity index (χ2n) is 6.73. The fraction of sp³-hybridized carbons (Fsp3) is 0.500. The van der Waals surface area contributed by atoms with Crippen LogP contribution in [0.4, 0.5) is 0 Å². The number of fused-ring (bicyclic) bond motifs is 1. The smallest absolute Gasteiger partial charge is 0.233 e. The van der Waals surface area contributed by atoms with Crippen LogP contribution in [0.1, 0.15) is 37.9 Å². The summed E-state index contributed by atoms with van der Waals surface area (Å²) >= 11 is 0. The van der Waals surface area contributed by atoms with Crippen LogP contribution in [0.25, 0.3) is 11.0 Å². The van der Waals surface area contributed by atoms with E-state index in [1.807, 2.05) is 24.3 Å². The summed E-state index contributed by atoms with van der Waals surface area (Å²) < 4.78 is 0. The number of aromatic nitrogens is 2. The van der Waals surface area contributed by atoms with Gasteiger partial charge in [0.05, 0.1) is 30.0 Å². The molecule has 1 fully saturated rings. The molecule has 0 saturated heterocycles. The molecule has 3 N–H and O–H groups in total. The highest BCUT2D eigenvalue weighted by molar-refractivity contribution is 5.79. The van der Waals surface area contributed by atoms with Crippen LogP contribution in [0.5, 0.6) is 0 Å². The molecule has 1 heterocycles. The number of nitrogens with one attached hydrogen (secondary N) is 2. The van der Waals surface area contributed by atoms with Crippen molar-refractivity contribution >= 4 is 23.4 Å². The Hall–Kier alpha value is -2.41. The number of aromatic amines is 1. The first-order valence-electron chi connectivity index (χ1n) is 8.78. The van der Waals surface area contributed by atoms with Crippen LogP contribution in [0, 0.1) is 11.8 Å². The molecule has 1 aromatic heterocycles. The first-order valence-corrected chi connectivity index (χ1v) is 8.78. The van der Waals surface area contributed by atoms with Gasteiger partial charge in [-0.05, 0) is 24.5 Å². The maximum absolute atomic E-state index is 12.6. The lowest BCUT2D eigenvalue weighted by Gasteiger charge is -2.22. The normalized spacial score (nSPS) is 16.0. The Morgan fingerprint density at radius 2 is 2.16 bits per heavy atom. The molecule has 0 bridgehead atoms. The van der Waals surface area contributed by atoms with E-state index < -0.39 is 5.92 Å². The predicted molar refractivity (Wildman–Crippen MR) is 92.6 cm³/mol. The Kier molecular flexibility index (Phi) is 5.65. The maximum atomic E-state index is 12.6. The largest absolute Gasteiger partial charge is 0.349 e. The lowest BCUT2D eigenvalue weighted by molar-refractivity contribution is -0.155. The molecular weight excluding hydrogens is 320 g/mol. The molecule has 1 aliphatic carbocycles. The fourth-order valence-electron chi connectivity index (χ4n) is 3.59. The van der Waals surface area contributed by atoms with Crippen LogP contribution in [0.2, 0.25) is 0 Å². The molecule has 1 aromatic carbocycles. The minimum atomic E-state index is -0.414. The summed E-state index contributed by atoms with van der Waals surface area (Å²) in [6, 6.07) is 7.69. The van der Waals surface area contributed by atoms with Crippen molar-refractivity contribution in [3.05, 3.63) is 30.1 Å². The third kappa shape index (κ3) is 4.57. The molecule has 134 valence electrons. The number of H-pyrrole nitrogens is 1. The third-order valence-corrected chi connectivity index (χ3v) is 4.86. The number of imidazole rings is 1. The number of hydrogen-bond acceptors (Lipinski definition) is 4. The molecule has 0 spiro atoms. The average Bonchev–Trinajstić information content (AvgIpc) is 3.27. The highest BCUT2D eigenvalue weighted by Crippen LogP contribution is 2.30. The van der Waals surface area contributed by atoms with E-state index in [4.69, 9.17) is 0 Å². The fourth-order valence-corrected chi connectivity index (χ4v) is 3.59. The molecule has 2 aromatic rings. The van der Waals surface area contributed by atoms with Crippen LogP contribution in [-0.2, 0) is 16.1 Å². The van der Waals surface area contributed by atoms with Crippen molar-refractivity contribution < 1.29 is 14.8 Å². The lowest BCUT2D eigenvalue weighted by Crippen LogP contribution is -2.38. The van der Waals surface area contributed by atoms with Crippen molar-refractivity contribution in [1.29, 1.82) is 0 Å². The van der Waals surface area contributed by atoms with E-state index >= 15 is 0 Å². The van der Waals surface area contributed by atoms with Gasteiger partial charge in [0, 0.05) is 0 Å². The summed E-state index contributed by atoms with van der Waals surface area (Å²) in [6.45, 7) is 0.313. The van der Waals surface area contributed by atoms with Gasteiger partial charge in [0.25, 0.3) is 0 Å². The minimum Gasteiger partial charge on any atom is -0.349 e. The van der Waals surface area contributed by atoms with E-state index in [9.17, 15) is 14.8 Å². The Morgan fingerprint density at radius 1 is 1.40 bits per heavy atom. The molecule has 0 unspecified atom stereocenters. The molecule has 0 radical (unpaired) electrons. The summed E-state index contributed by atoms with van der Waals surface area (Å²) in [5.41, 5.74) is 1.79. The Balaban J connectivity index is 1.60. The van der Waals surface area contributed by atoms with Gasteiger partial charge < -0.3 is 10.3 Å². The van der Waals surface area contributed by atoms with Crippen molar-refractivity contribution in [3.63, 3.8) is 0 Å². The van der Waals surface area contributed by atoms with Crippen molar-refractivity contribution in [3.8, 4) is 0 Å². The topological polar surface area (TPSA) is 98.3 Å². The van der Waals surface area contributed by atoms with Gasteiger partial charge in [-0.1, -0.05) is 37.8 Å². The molecule has 7 heteroatoms. The molecule has 2 amide bonds. The van der Waals surface area contributed by atoms with E-state index in [-0.39, 0.29) is 12.5 Å². The van der Waals surface area contributed by atoms with E-state index in [2.05, 4.69) is 15.3 Å². The average molecular weight is 344 g/mol. The molecule has 1 saturated carbocycles. The van der Waals surface area contributed by atoms with Crippen LogP contribution < -0.4 is 5.32 Å². The van der Waals surface area contributed by atoms with Crippen molar-refractivity contribution in [2.24, 2.45) is 11.8 Å². The number of rotatable bonds is 8. The van der Waals surface area contributed by atoms with Gasteiger partial charge in [0.15, 0.2) is 0 Å². The number of carbonyl (C=O) groups excluding carboxylic acids is 2. The summed E-state index contributed by atoms with van der Waals surface area (Å²) in [7, 11) is 0. The summed E-state index contributed by atoms with van der Waals surface area (Å²) in [5, 5.41) is 12.9. The summed E-state index contributed by atoms with van der Waals surface area (Å²) in [5.74, 6) is 0.600. The van der Waals surface area contributed by atoms with Gasteiger partial charge >= 0.3 is 0 Å². The van der Waals surface area contributed by atoms with Gasteiger partial charge in [-0.2, -0.15) is 0 Å². The number of amides is 2. The molecular formula is C18H24N4O3. The summed E-state index contributed by atoms with van der Waals surface area (Å²) in [6.07, 6.45) is 5.63. The van der Waals surface area contributed by atoms with Crippen LogP contribution in [0.3, 0.4) is 0 Å². The SMILES string of the molecule is O=CN(O)C[C@@H](CC1CCCC1)C(=O)NCc1nc2ccccc2[nH]1. The monoisotopic (exact) mass is 344 g/mol. The molecule has 7 nitrogen and oxygen atoms in total. The zero-order valence-corrected chi connectivity index (χ0v) is 14.1. The Bertz CT molecular complexity index is 691. The first kappa shape index (κ1) is 17.4. The number of hydrogen-bond donors (Lipinski definition) is 3.